The molecule has 1 aromatic carbocycles. The molecule has 0 amide bonds. The molecule has 1 N–H and O–H groups in total. The monoisotopic (exact) mass is 411 g/mol. The van der Waals surface area contributed by atoms with Gasteiger partial charge in [-0.15, -0.1) is 33.1 Å². The van der Waals surface area contributed by atoms with Gasteiger partial charge in [0.2, 0.25) is 11.8 Å². The zero-order valence-electron chi connectivity index (χ0n) is 16.2. The maximum Gasteiger partial charge on any atom is 0.248 e. The number of halogens is 1. The minimum atomic E-state index is 0.481. The Morgan fingerprint density at radius 1 is 1.18 bits per heavy atom. The van der Waals surface area contributed by atoms with E-state index in [1.54, 1.807) is 11.3 Å². The van der Waals surface area contributed by atoms with Crippen LogP contribution in [0.25, 0.3) is 27.0 Å². The van der Waals surface area contributed by atoms with Crippen LogP contribution < -0.4 is 0 Å². The third-order valence-electron chi connectivity index (χ3n) is 4.78. The van der Waals surface area contributed by atoms with Gasteiger partial charge in [0.25, 0.3) is 0 Å². The molecule has 0 aliphatic rings. The van der Waals surface area contributed by atoms with Gasteiger partial charge in [-0.3, -0.25) is 0 Å². The van der Waals surface area contributed by atoms with Gasteiger partial charge in [-0.1, -0.05) is 30.7 Å². The lowest BCUT2D eigenvalue weighted by molar-refractivity contribution is 0.489. The summed E-state index contributed by atoms with van der Waals surface area (Å²) < 4.78 is 5.67. The standard InChI is InChI=1S/C22H22ClN3OS/c1-5-19-25-26-21(27-19)14(4)18-11-17-16(6-7-23)20(24-22(17)28-18)15-9-12(2)8-13(3)10-15/h8-11,24H,4-7H2,1-3H3. The van der Waals surface area contributed by atoms with Crippen molar-refractivity contribution in [2.24, 2.45) is 0 Å². The number of nitrogens with zero attached hydrogens (tertiary/aromatic N) is 2. The number of aromatic nitrogens is 3. The highest BCUT2D eigenvalue weighted by Gasteiger charge is 2.19. The highest BCUT2D eigenvalue weighted by Crippen LogP contribution is 2.39. The van der Waals surface area contributed by atoms with Crippen molar-refractivity contribution >= 4 is 38.7 Å². The van der Waals surface area contributed by atoms with E-state index in [2.05, 4.69) is 59.9 Å². The van der Waals surface area contributed by atoms with Crippen molar-refractivity contribution in [1.29, 1.82) is 0 Å². The summed E-state index contributed by atoms with van der Waals surface area (Å²) in [6.07, 6.45) is 1.51. The van der Waals surface area contributed by atoms with Gasteiger partial charge >= 0.3 is 0 Å². The maximum atomic E-state index is 6.14. The Hall–Kier alpha value is -2.37. The Bertz CT molecular complexity index is 1150. The molecule has 28 heavy (non-hydrogen) atoms. The lowest BCUT2D eigenvalue weighted by atomic mass is 10.0. The van der Waals surface area contributed by atoms with Gasteiger partial charge in [0.1, 0.15) is 4.83 Å². The molecule has 0 bridgehead atoms. The topological polar surface area (TPSA) is 54.7 Å². The van der Waals surface area contributed by atoms with E-state index in [1.807, 2.05) is 6.92 Å². The number of hydrogen-bond donors (Lipinski definition) is 1. The van der Waals surface area contributed by atoms with Gasteiger partial charge < -0.3 is 9.40 Å². The maximum absolute atomic E-state index is 6.14. The first-order valence-electron chi connectivity index (χ1n) is 9.31. The van der Waals surface area contributed by atoms with Crippen LogP contribution in [-0.2, 0) is 12.8 Å². The zero-order valence-corrected chi connectivity index (χ0v) is 17.8. The number of alkyl halides is 1. The summed E-state index contributed by atoms with van der Waals surface area (Å²) in [5.74, 6) is 1.67. The van der Waals surface area contributed by atoms with Gasteiger partial charge in [0, 0.05) is 28.1 Å². The average Bonchev–Trinajstić information content (AvgIpc) is 3.36. The van der Waals surface area contributed by atoms with E-state index >= 15 is 0 Å². The molecule has 0 saturated carbocycles. The van der Waals surface area contributed by atoms with E-state index in [9.17, 15) is 0 Å². The Kier molecular flexibility index (Phi) is 5.13. The second-order valence-corrected chi connectivity index (χ2v) is 8.41. The van der Waals surface area contributed by atoms with E-state index in [-0.39, 0.29) is 0 Å². The molecule has 6 heteroatoms. The van der Waals surface area contributed by atoms with Crippen LogP contribution in [0.2, 0.25) is 0 Å². The number of benzene rings is 1. The molecule has 0 atom stereocenters. The second kappa shape index (κ2) is 7.57. The third-order valence-corrected chi connectivity index (χ3v) is 6.08. The number of aryl methyl sites for hydroxylation is 4. The predicted molar refractivity (Wildman–Crippen MR) is 117 cm³/mol. The molecule has 3 heterocycles. The van der Waals surface area contributed by atoms with Crippen LogP contribution in [0, 0.1) is 13.8 Å². The Morgan fingerprint density at radius 3 is 2.57 bits per heavy atom. The largest absolute Gasteiger partial charge is 0.421 e. The number of aromatic amines is 1. The molecule has 4 aromatic rings. The molecular formula is C22H22ClN3OS. The van der Waals surface area contributed by atoms with Crippen LogP contribution >= 0.6 is 22.9 Å². The lowest BCUT2D eigenvalue weighted by Gasteiger charge is -2.07. The molecule has 4 rings (SSSR count). The van der Waals surface area contributed by atoms with Crippen molar-refractivity contribution in [3.63, 3.8) is 0 Å². The van der Waals surface area contributed by atoms with Crippen LogP contribution in [0.15, 0.2) is 35.3 Å². The Morgan fingerprint density at radius 2 is 1.93 bits per heavy atom. The SMILES string of the molecule is C=C(c1nnc(CC)o1)c1cc2c(CCCl)c(-c3cc(C)cc(C)c3)[nH]c2s1. The molecule has 0 spiro atoms. The molecular weight excluding hydrogens is 390 g/mol. The first kappa shape index (κ1) is 19.0. The van der Waals surface area contributed by atoms with Gasteiger partial charge in [-0.25, -0.2) is 0 Å². The van der Waals surface area contributed by atoms with Crippen molar-refractivity contribution in [3.8, 4) is 11.3 Å². The summed E-state index contributed by atoms with van der Waals surface area (Å²) in [5.41, 5.74) is 6.85. The number of fused-ring (bicyclic) bond motifs is 1. The minimum Gasteiger partial charge on any atom is -0.421 e. The van der Waals surface area contributed by atoms with Crippen molar-refractivity contribution in [2.45, 2.75) is 33.6 Å². The van der Waals surface area contributed by atoms with Crippen LogP contribution in [0.1, 0.15) is 40.3 Å². The fourth-order valence-electron chi connectivity index (χ4n) is 3.52. The van der Waals surface area contributed by atoms with Crippen molar-refractivity contribution in [2.75, 3.05) is 5.88 Å². The molecule has 0 aliphatic carbocycles. The number of H-pyrrole nitrogens is 1. The number of thiophene rings is 1. The van der Waals surface area contributed by atoms with E-state index in [4.69, 9.17) is 16.0 Å². The highest BCUT2D eigenvalue weighted by atomic mass is 35.5. The lowest BCUT2D eigenvalue weighted by Crippen LogP contribution is -1.91. The van der Waals surface area contributed by atoms with Crippen LogP contribution in [0.5, 0.6) is 0 Å². The van der Waals surface area contributed by atoms with Gasteiger partial charge in [-0.2, -0.15) is 0 Å². The smallest absolute Gasteiger partial charge is 0.248 e. The first-order chi connectivity index (χ1) is 13.5. The summed E-state index contributed by atoms with van der Waals surface area (Å²) in [6.45, 7) is 10.4. The Balaban J connectivity index is 1.79. The minimum absolute atomic E-state index is 0.481. The summed E-state index contributed by atoms with van der Waals surface area (Å²) in [4.78, 5) is 5.75. The third kappa shape index (κ3) is 3.40. The number of rotatable bonds is 6. The fourth-order valence-corrected chi connectivity index (χ4v) is 4.77. The molecule has 4 nitrogen and oxygen atoms in total. The molecule has 144 valence electrons. The average molecular weight is 412 g/mol. The Labute approximate surface area is 173 Å². The molecule has 0 unspecified atom stereocenters. The van der Waals surface area contributed by atoms with Crippen molar-refractivity contribution in [3.05, 3.63) is 64.2 Å². The predicted octanol–water partition coefficient (Wildman–Crippen LogP) is 6.30. The molecule has 0 aliphatic heterocycles. The fraction of sp³-hybridized carbons (Fsp3) is 0.273. The van der Waals surface area contributed by atoms with E-state index in [0.717, 1.165) is 27.4 Å². The number of nitrogens with one attached hydrogen (secondary N) is 1. The zero-order chi connectivity index (χ0) is 19.8. The molecule has 0 saturated heterocycles. The van der Waals surface area contributed by atoms with Crippen LogP contribution in [-0.4, -0.2) is 21.1 Å². The van der Waals surface area contributed by atoms with E-state index in [1.165, 1.54) is 27.6 Å². The summed E-state index contributed by atoms with van der Waals surface area (Å²) in [5, 5.41) is 9.35. The molecule has 0 radical (unpaired) electrons. The normalized spacial score (nSPS) is 11.4. The summed E-state index contributed by atoms with van der Waals surface area (Å²) in [6, 6.07) is 8.77. The van der Waals surface area contributed by atoms with Gasteiger partial charge in [-0.05, 0) is 49.6 Å². The van der Waals surface area contributed by atoms with Crippen LogP contribution in [0.4, 0.5) is 0 Å². The van der Waals surface area contributed by atoms with Crippen molar-refractivity contribution in [1.82, 2.24) is 15.2 Å². The first-order valence-corrected chi connectivity index (χ1v) is 10.7. The van der Waals surface area contributed by atoms with E-state index in [0.29, 0.717) is 24.1 Å². The summed E-state index contributed by atoms with van der Waals surface area (Å²) >= 11 is 7.79. The molecule has 0 fully saturated rings. The van der Waals surface area contributed by atoms with Crippen LogP contribution in [0.3, 0.4) is 0 Å². The van der Waals surface area contributed by atoms with Gasteiger partial charge in [0.15, 0.2) is 0 Å². The molecule has 3 aromatic heterocycles. The highest BCUT2D eigenvalue weighted by molar-refractivity contribution is 7.19. The van der Waals surface area contributed by atoms with Gasteiger partial charge in [0.05, 0.1) is 5.69 Å². The van der Waals surface area contributed by atoms with E-state index < -0.39 is 0 Å². The second-order valence-electron chi connectivity index (χ2n) is 6.98. The number of hydrogen-bond acceptors (Lipinski definition) is 4. The quantitative estimate of drug-likeness (QED) is 0.378. The van der Waals surface area contributed by atoms with Crippen molar-refractivity contribution < 1.29 is 4.42 Å². The summed E-state index contributed by atoms with van der Waals surface area (Å²) in [7, 11) is 0.